The summed E-state index contributed by atoms with van der Waals surface area (Å²) in [5, 5.41) is 1.21. The lowest BCUT2D eigenvalue weighted by Crippen LogP contribution is -2.13. The summed E-state index contributed by atoms with van der Waals surface area (Å²) < 4.78 is 0.851. The third-order valence-corrected chi connectivity index (χ3v) is 4.11. The van der Waals surface area contributed by atoms with Crippen LogP contribution in [0.15, 0.2) is 0 Å². The zero-order valence-corrected chi connectivity index (χ0v) is 9.45. The third kappa shape index (κ3) is 1.87. The number of likely N-dealkylation sites (N-methyl/N-ethyl adjacent to an activating group) is 1. The number of hydrogen-bond donors (Lipinski definition) is 0. The number of aromatic nitrogens is 1. The molecule has 0 aliphatic carbocycles. The molecule has 0 N–H and O–H groups in total. The number of rotatable bonds is 1. The van der Waals surface area contributed by atoms with E-state index in [0.717, 1.165) is 16.6 Å². The minimum atomic E-state index is 0.612. The molecule has 72 valence electrons. The highest BCUT2D eigenvalue weighted by molar-refractivity contribution is 7.16. The van der Waals surface area contributed by atoms with Gasteiger partial charge in [0.25, 0.3) is 0 Å². The molecule has 2 nitrogen and oxygen atoms in total. The van der Waals surface area contributed by atoms with E-state index in [-0.39, 0.29) is 0 Å². The molecule has 0 amide bonds. The summed E-state index contributed by atoms with van der Waals surface area (Å²) in [5.74, 6) is 0.612. The SMILES string of the molecule is Cc1nc(C2CCN(C)C2)sc1Cl. The maximum absolute atomic E-state index is 5.99. The highest BCUT2D eigenvalue weighted by Crippen LogP contribution is 2.33. The molecule has 1 atom stereocenters. The lowest BCUT2D eigenvalue weighted by atomic mass is 10.1. The van der Waals surface area contributed by atoms with Gasteiger partial charge in [-0.15, -0.1) is 11.3 Å². The van der Waals surface area contributed by atoms with E-state index in [4.69, 9.17) is 11.6 Å². The molecule has 0 spiro atoms. The van der Waals surface area contributed by atoms with Crippen molar-refractivity contribution in [1.82, 2.24) is 9.88 Å². The molecule has 13 heavy (non-hydrogen) atoms. The molecule has 1 fully saturated rings. The molecule has 2 heterocycles. The van der Waals surface area contributed by atoms with Gasteiger partial charge in [-0.25, -0.2) is 4.98 Å². The molecular formula is C9H13ClN2S. The van der Waals surface area contributed by atoms with E-state index in [2.05, 4.69) is 16.9 Å². The van der Waals surface area contributed by atoms with Crippen molar-refractivity contribution in [2.45, 2.75) is 19.3 Å². The summed E-state index contributed by atoms with van der Waals surface area (Å²) in [4.78, 5) is 6.83. The standard InChI is InChI=1S/C9H13ClN2S/c1-6-8(10)13-9(11-6)7-3-4-12(2)5-7/h7H,3-5H2,1-2H3. The summed E-state index contributed by atoms with van der Waals surface area (Å²) in [6, 6.07) is 0. The van der Waals surface area contributed by atoms with Crippen molar-refractivity contribution in [3.05, 3.63) is 15.0 Å². The first-order valence-corrected chi connectivity index (χ1v) is 5.67. The Kier molecular flexibility index (Phi) is 2.58. The van der Waals surface area contributed by atoms with E-state index in [1.807, 2.05) is 6.92 Å². The monoisotopic (exact) mass is 216 g/mol. The fourth-order valence-electron chi connectivity index (χ4n) is 1.71. The van der Waals surface area contributed by atoms with Crippen LogP contribution < -0.4 is 0 Å². The molecule has 1 aromatic rings. The van der Waals surface area contributed by atoms with Crippen LogP contribution in [0.2, 0.25) is 4.34 Å². The van der Waals surface area contributed by atoms with Gasteiger partial charge in [-0.05, 0) is 26.9 Å². The Bertz CT molecular complexity index is 291. The van der Waals surface area contributed by atoms with E-state index in [1.54, 1.807) is 11.3 Å². The van der Waals surface area contributed by atoms with E-state index >= 15 is 0 Å². The van der Waals surface area contributed by atoms with E-state index in [0.29, 0.717) is 5.92 Å². The summed E-state index contributed by atoms with van der Waals surface area (Å²) in [7, 11) is 2.15. The maximum Gasteiger partial charge on any atom is 0.116 e. The Balaban J connectivity index is 2.17. The number of aryl methyl sites for hydroxylation is 1. The fourth-order valence-corrected chi connectivity index (χ4v) is 2.91. The molecule has 1 unspecified atom stereocenters. The average molecular weight is 217 g/mol. The van der Waals surface area contributed by atoms with Crippen LogP contribution in [-0.2, 0) is 0 Å². The molecule has 0 saturated carbocycles. The van der Waals surface area contributed by atoms with E-state index in [9.17, 15) is 0 Å². The molecule has 1 aliphatic rings. The molecule has 0 bridgehead atoms. The van der Waals surface area contributed by atoms with Crippen LogP contribution in [0.25, 0.3) is 0 Å². The van der Waals surface area contributed by atoms with Crippen molar-refractivity contribution in [2.24, 2.45) is 0 Å². The Morgan fingerprint density at radius 1 is 1.62 bits per heavy atom. The first-order chi connectivity index (χ1) is 6.16. The number of hydrogen-bond acceptors (Lipinski definition) is 3. The van der Waals surface area contributed by atoms with Crippen LogP contribution in [0, 0.1) is 6.92 Å². The van der Waals surface area contributed by atoms with Crippen LogP contribution in [0.3, 0.4) is 0 Å². The highest BCUT2D eigenvalue weighted by Gasteiger charge is 2.24. The Labute approximate surface area is 87.5 Å². The van der Waals surface area contributed by atoms with Gasteiger partial charge in [0, 0.05) is 12.5 Å². The number of likely N-dealkylation sites (tertiary alicyclic amines) is 1. The molecule has 1 saturated heterocycles. The van der Waals surface area contributed by atoms with Gasteiger partial charge in [-0.3, -0.25) is 0 Å². The Hall–Kier alpha value is -0.120. The molecule has 4 heteroatoms. The quantitative estimate of drug-likeness (QED) is 0.717. The predicted molar refractivity (Wildman–Crippen MR) is 56.7 cm³/mol. The van der Waals surface area contributed by atoms with E-state index < -0.39 is 0 Å². The van der Waals surface area contributed by atoms with Gasteiger partial charge in [-0.2, -0.15) is 0 Å². The second-order valence-corrected chi connectivity index (χ2v) is 5.29. The van der Waals surface area contributed by atoms with Gasteiger partial charge in [0.05, 0.1) is 10.7 Å². The second kappa shape index (κ2) is 3.56. The average Bonchev–Trinajstić information content (AvgIpc) is 2.61. The largest absolute Gasteiger partial charge is 0.306 e. The van der Waals surface area contributed by atoms with Crippen molar-refractivity contribution >= 4 is 22.9 Å². The van der Waals surface area contributed by atoms with Crippen LogP contribution in [0.4, 0.5) is 0 Å². The normalized spacial score (nSPS) is 24.1. The van der Waals surface area contributed by atoms with Crippen LogP contribution in [-0.4, -0.2) is 30.0 Å². The minimum absolute atomic E-state index is 0.612. The molecular weight excluding hydrogens is 204 g/mol. The van der Waals surface area contributed by atoms with Crippen molar-refractivity contribution < 1.29 is 0 Å². The zero-order chi connectivity index (χ0) is 9.42. The summed E-state index contributed by atoms with van der Waals surface area (Å²) in [6.45, 7) is 4.28. The molecule has 0 aromatic carbocycles. The first-order valence-electron chi connectivity index (χ1n) is 4.48. The lowest BCUT2D eigenvalue weighted by Gasteiger charge is -2.06. The minimum Gasteiger partial charge on any atom is -0.306 e. The predicted octanol–water partition coefficient (Wildman–Crippen LogP) is 2.52. The van der Waals surface area contributed by atoms with Crippen molar-refractivity contribution in [2.75, 3.05) is 20.1 Å². The van der Waals surface area contributed by atoms with Gasteiger partial charge in [0.2, 0.25) is 0 Å². The van der Waals surface area contributed by atoms with Gasteiger partial charge >= 0.3 is 0 Å². The highest BCUT2D eigenvalue weighted by atomic mass is 35.5. The summed E-state index contributed by atoms with van der Waals surface area (Å²) in [6.07, 6.45) is 1.22. The number of thiazole rings is 1. The third-order valence-electron chi connectivity index (χ3n) is 2.50. The van der Waals surface area contributed by atoms with Crippen molar-refractivity contribution in [3.8, 4) is 0 Å². The summed E-state index contributed by atoms with van der Waals surface area (Å²) >= 11 is 7.63. The Morgan fingerprint density at radius 2 is 2.38 bits per heavy atom. The van der Waals surface area contributed by atoms with E-state index in [1.165, 1.54) is 18.0 Å². The smallest absolute Gasteiger partial charge is 0.116 e. The van der Waals surface area contributed by atoms with Gasteiger partial charge in [-0.1, -0.05) is 11.6 Å². The second-order valence-electron chi connectivity index (χ2n) is 3.66. The number of nitrogens with zero attached hydrogens (tertiary/aromatic N) is 2. The van der Waals surface area contributed by atoms with Gasteiger partial charge < -0.3 is 4.90 Å². The first kappa shape index (κ1) is 9.44. The maximum atomic E-state index is 5.99. The fraction of sp³-hybridized carbons (Fsp3) is 0.667. The number of halogens is 1. The molecule has 1 aromatic heterocycles. The molecule has 0 radical (unpaired) electrons. The molecule has 2 rings (SSSR count). The lowest BCUT2D eigenvalue weighted by molar-refractivity contribution is 0.411. The zero-order valence-electron chi connectivity index (χ0n) is 7.88. The van der Waals surface area contributed by atoms with Gasteiger partial charge in [0.15, 0.2) is 0 Å². The summed E-state index contributed by atoms with van der Waals surface area (Å²) in [5.41, 5.74) is 0.983. The van der Waals surface area contributed by atoms with Crippen LogP contribution >= 0.6 is 22.9 Å². The van der Waals surface area contributed by atoms with Gasteiger partial charge in [0.1, 0.15) is 4.34 Å². The topological polar surface area (TPSA) is 16.1 Å². The van der Waals surface area contributed by atoms with Crippen molar-refractivity contribution in [1.29, 1.82) is 0 Å². The van der Waals surface area contributed by atoms with Crippen molar-refractivity contribution in [3.63, 3.8) is 0 Å². The van der Waals surface area contributed by atoms with Crippen LogP contribution in [0.1, 0.15) is 23.0 Å². The van der Waals surface area contributed by atoms with Crippen LogP contribution in [0.5, 0.6) is 0 Å². The Morgan fingerprint density at radius 3 is 2.85 bits per heavy atom. The molecule has 1 aliphatic heterocycles.